The molecule has 224 valence electrons. The van der Waals surface area contributed by atoms with Gasteiger partial charge in [0.25, 0.3) is 5.91 Å². The molecule has 2 aliphatic heterocycles. The molecule has 0 radical (unpaired) electrons. The Kier molecular flexibility index (Phi) is 8.99. The van der Waals surface area contributed by atoms with Gasteiger partial charge in [-0.3, -0.25) is 19.2 Å². The topological polar surface area (TPSA) is 165 Å². The van der Waals surface area contributed by atoms with Crippen molar-refractivity contribution in [3.63, 3.8) is 0 Å². The van der Waals surface area contributed by atoms with E-state index in [-0.39, 0.29) is 49.3 Å². The highest BCUT2D eigenvalue weighted by Crippen LogP contribution is 2.30. The van der Waals surface area contributed by atoms with E-state index in [9.17, 15) is 29.4 Å². The van der Waals surface area contributed by atoms with Gasteiger partial charge in [-0.2, -0.15) is 0 Å². The number of aromatic nitrogens is 2. The quantitative estimate of drug-likeness (QED) is 0.255. The Morgan fingerprint density at radius 2 is 1.53 bits per heavy atom. The Balaban J connectivity index is 1.91. The molecule has 0 aromatic carbocycles. The van der Waals surface area contributed by atoms with Crippen molar-refractivity contribution in [2.45, 2.75) is 53.4 Å². The summed E-state index contributed by atoms with van der Waals surface area (Å²) in [6.07, 6.45) is 9.03. The standard InChI is InChI=1S/C33H36N4O6/c1-7-20-19(6)32(42)37-27(20)14-25-18(5)23(10-12-31(40)41)29(35-25)15-28-22(9-11-30(38)39)17(4)24(34-28)13-26-16(3)21(8-2)33(43)36-26/h7-8,13-15,19-20,34-35H,1-2,9-12H2,3-6H3,(H,37,42)(H,38,39)(H,40,41)/b24-13+,27-14-,28-15-/t19-,20+/m1/s1. The highest BCUT2D eigenvalue weighted by molar-refractivity contribution is 6.31. The molecule has 0 spiro atoms. The summed E-state index contributed by atoms with van der Waals surface area (Å²) in [7, 11) is 0. The highest BCUT2D eigenvalue weighted by atomic mass is 16.4. The molecular weight excluding hydrogens is 548 g/mol. The van der Waals surface area contributed by atoms with Crippen molar-refractivity contribution < 1.29 is 29.4 Å². The van der Waals surface area contributed by atoms with Gasteiger partial charge in [-0.1, -0.05) is 25.7 Å². The predicted octanol–water partition coefficient (Wildman–Crippen LogP) is 3.00. The summed E-state index contributed by atoms with van der Waals surface area (Å²) in [6.45, 7) is 15.0. The fourth-order valence-corrected chi connectivity index (χ4v) is 5.61. The Morgan fingerprint density at radius 1 is 0.884 bits per heavy atom. The molecule has 2 atom stereocenters. The number of aliphatic carboxylic acids is 2. The fraction of sp³-hybridized carbons (Fsp3) is 0.303. The minimum atomic E-state index is -0.936. The van der Waals surface area contributed by atoms with Gasteiger partial charge in [0.2, 0.25) is 5.91 Å². The van der Waals surface area contributed by atoms with Gasteiger partial charge < -0.3 is 25.5 Å². The molecule has 10 nitrogen and oxygen atoms in total. The van der Waals surface area contributed by atoms with Crippen LogP contribution in [0.3, 0.4) is 0 Å². The van der Waals surface area contributed by atoms with Gasteiger partial charge in [0.1, 0.15) is 0 Å². The average molecular weight is 585 g/mol. The Hall–Kier alpha value is -4.99. The van der Waals surface area contributed by atoms with Crippen LogP contribution in [0, 0.1) is 25.7 Å². The zero-order chi connectivity index (χ0) is 31.6. The zero-order valence-electron chi connectivity index (χ0n) is 24.8. The van der Waals surface area contributed by atoms with Crippen LogP contribution in [0.1, 0.15) is 60.3 Å². The maximum absolute atomic E-state index is 12.3. The van der Waals surface area contributed by atoms with Crippen LogP contribution in [0.25, 0.3) is 18.2 Å². The molecule has 0 saturated carbocycles. The molecule has 0 aliphatic carbocycles. The summed E-state index contributed by atoms with van der Waals surface area (Å²) in [4.78, 5) is 58.5. The molecule has 5 N–H and O–H groups in total. The van der Waals surface area contributed by atoms with Gasteiger partial charge >= 0.3 is 11.9 Å². The van der Waals surface area contributed by atoms with Crippen molar-refractivity contribution in [3.8, 4) is 0 Å². The van der Waals surface area contributed by atoms with Crippen LogP contribution in [0.4, 0.5) is 0 Å². The zero-order valence-corrected chi connectivity index (χ0v) is 24.8. The van der Waals surface area contributed by atoms with Gasteiger partial charge in [-0.05, 0) is 79.7 Å². The van der Waals surface area contributed by atoms with E-state index >= 15 is 0 Å². The second-order valence-electron chi connectivity index (χ2n) is 10.9. The number of carbonyl (C=O) groups is 4. The lowest BCUT2D eigenvalue weighted by Crippen LogP contribution is -2.16. The van der Waals surface area contributed by atoms with E-state index in [2.05, 4.69) is 33.4 Å². The Labute approximate surface area is 249 Å². The van der Waals surface area contributed by atoms with Crippen LogP contribution in [0.15, 0.2) is 47.1 Å². The molecule has 4 heterocycles. The number of aliphatic imine (C=N–C) groups is 1. The first-order chi connectivity index (χ1) is 20.4. The van der Waals surface area contributed by atoms with Crippen molar-refractivity contribution in [2.75, 3.05) is 0 Å². The SMILES string of the molecule is C=CC1=C(C)C(/C=c2/[nH]/c(=C\c3[nH]c(/C=C4\NC(=O)[C@H](C)[C@@H]4C=C)c(C)c3CCC(=O)O)c(CCC(=O)O)c2C)=NC1=O. The van der Waals surface area contributed by atoms with Gasteiger partial charge in [-0.15, -0.1) is 6.58 Å². The van der Waals surface area contributed by atoms with Crippen LogP contribution < -0.4 is 16.0 Å². The number of hydrogen-bond donors (Lipinski definition) is 5. The van der Waals surface area contributed by atoms with Crippen molar-refractivity contribution in [1.82, 2.24) is 15.3 Å². The number of carbonyl (C=O) groups excluding carboxylic acids is 2. The third-order valence-corrected chi connectivity index (χ3v) is 8.23. The van der Waals surface area contributed by atoms with E-state index in [4.69, 9.17) is 0 Å². The van der Waals surface area contributed by atoms with Gasteiger partial charge in [0, 0.05) is 58.0 Å². The van der Waals surface area contributed by atoms with Crippen molar-refractivity contribution >= 4 is 47.7 Å². The molecular formula is C33H36N4O6. The van der Waals surface area contributed by atoms with Crippen molar-refractivity contribution in [2.24, 2.45) is 16.8 Å². The third-order valence-electron chi connectivity index (χ3n) is 8.23. The number of H-pyrrole nitrogens is 2. The molecule has 1 fully saturated rings. The van der Waals surface area contributed by atoms with Crippen LogP contribution >= 0.6 is 0 Å². The fourth-order valence-electron chi connectivity index (χ4n) is 5.61. The molecule has 2 aromatic rings. The van der Waals surface area contributed by atoms with Crippen LogP contribution in [0.5, 0.6) is 0 Å². The largest absolute Gasteiger partial charge is 0.481 e. The maximum Gasteiger partial charge on any atom is 0.303 e. The number of carboxylic acids is 2. The first-order valence-corrected chi connectivity index (χ1v) is 14.0. The monoisotopic (exact) mass is 584 g/mol. The summed E-state index contributed by atoms with van der Waals surface area (Å²) in [5, 5.41) is 23.1. The Bertz CT molecular complexity index is 1780. The minimum absolute atomic E-state index is 0.0850. The number of carboxylic acid groups (broad SMARTS) is 2. The number of aromatic amines is 2. The van der Waals surface area contributed by atoms with E-state index in [1.807, 2.05) is 32.9 Å². The number of rotatable bonds is 11. The molecule has 0 unspecified atom stereocenters. The first-order valence-electron chi connectivity index (χ1n) is 14.0. The van der Waals surface area contributed by atoms with E-state index in [0.29, 0.717) is 38.9 Å². The van der Waals surface area contributed by atoms with Gasteiger partial charge in [0.15, 0.2) is 0 Å². The maximum atomic E-state index is 12.3. The molecule has 10 heteroatoms. The lowest BCUT2D eigenvalue weighted by atomic mass is 9.94. The Morgan fingerprint density at radius 3 is 2.12 bits per heavy atom. The molecule has 2 amide bonds. The van der Waals surface area contributed by atoms with Crippen LogP contribution in [-0.2, 0) is 32.0 Å². The second kappa shape index (κ2) is 12.5. The minimum Gasteiger partial charge on any atom is -0.481 e. The number of nitrogens with one attached hydrogen (secondary N) is 3. The number of hydrogen-bond acceptors (Lipinski definition) is 4. The molecule has 43 heavy (non-hydrogen) atoms. The van der Waals surface area contributed by atoms with E-state index < -0.39 is 11.9 Å². The number of nitrogens with zero attached hydrogens (tertiary/aromatic N) is 1. The second-order valence-corrected chi connectivity index (χ2v) is 10.9. The summed E-state index contributed by atoms with van der Waals surface area (Å²) in [6, 6.07) is 0. The van der Waals surface area contributed by atoms with Gasteiger partial charge in [0.05, 0.1) is 5.71 Å². The predicted molar refractivity (Wildman–Crippen MR) is 165 cm³/mol. The number of allylic oxidation sites excluding steroid dienone is 2. The lowest BCUT2D eigenvalue weighted by Gasteiger charge is -2.08. The van der Waals surface area contributed by atoms with E-state index in [1.54, 1.807) is 19.1 Å². The third kappa shape index (κ3) is 6.28. The lowest BCUT2D eigenvalue weighted by molar-refractivity contribution is -0.138. The van der Waals surface area contributed by atoms with E-state index in [0.717, 1.165) is 27.9 Å². The van der Waals surface area contributed by atoms with Crippen LogP contribution in [0.2, 0.25) is 0 Å². The molecule has 1 saturated heterocycles. The first kappa shape index (κ1) is 31.0. The van der Waals surface area contributed by atoms with E-state index in [1.165, 1.54) is 6.08 Å². The normalized spacial score (nSPS) is 20.3. The van der Waals surface area contributed by atoms with Crippen LogP contribution in [-0.4, -0.2) is 49.6 Å². The summed E-state index contributed by atoms with van der Waals surface area (Å²) in [5.41, 5.74) is 6.97. The van der Waals surface area contributed by atoms with Gasteiger partial charge in [-0.25, -0.2) is 4.99 Å². The molecule has 4 rings (SSSR count). The highest BCUT2D eigenvalue weighted by Gasteiger charge is 2.33. The summed E-state index contributed by atoms with van der Waals surface area (Å²) < 4.78 is 0. The molecule has 0 bridgehead atoms. The average Bonchev–Trinajstić information content (AvgIpc) is 3.59. The number of amides is 2. The van der Waals surface area contributed by atoms with Crippen molar-refractivity contribution in [1.29, 1.82) is 0 Å². The van der Waals surface area contributed by atoms with Crippen molar-refractivity contribution in [3.05, 3.63) is 86.5 Å². The molecule has 2 aliphatic rings. The smallest absolute Gasteiger partial charge is 0.303 e. The molecule has 2 aromatic heterocycles. The summed E-state index contributed by atoms with van der Waals surface area (Å²) >= 11 is 0. The summed E-state index contributed by atoms with van der Waals surface area (Å²) in [5.74, 6) is -2.76.